The molecule has 1 fully saturated rings. The first kappa shape index (κ1) is 21.4. The quantitative estimate of drug-likeness (QED) is 0.666. The predicted molar refractivity (Wildman–Crippen MR) is 127 cm³/mol. The monoisotopic (exact) mass is 446 g/mol. The summed E-state index contributed by atoms with van der Waals surface area (Å²) in [6, 6.07) is 10.3. The van der Waals surface area contributed by atoms with Crippen LogP contribution in [0.2, 0.25) is 0 Å². The van der Waals surface area contributed by atoms with Gasteiger partial charge >= 0.3 is 0 Å². The lowest BCUT2D eigenvalue weighted by molar-refractivity contribution is -0.131. The average molecular weight is 447 g/mol. The van der Waals surface area contributed by atoms with E-state index in [2.05, 4.69) is 28.1 Å². The maximum Gasteiger partial charge on any atom is 0.242 e. The van der Waals surface area contributed by atoms with Crippen molar-refractivity contribution in [2.45, 2.75) is 45.7 Å². The first-order valence-corrected chi connectivity index (χ1v) is 11.6. The van der Waals surface area contributed by atoms with Crippen molar-refractivity contribution in [2.24, 2.45) is 0 Å². The first-order chi connectivity index (χ1) is 15.9. The zero-order chi connectivity index (χ0) is 23.1. The molecule has 172 valence electrons. The van der Waals surface area contributed by atoms with Crippen molar-refractivity contribution in [1.29, 1.82) is 0 Å². The molecule has 8 nitrogen and oxygen atoms in total. The summed E-state index contributed by atoms with van der Waals surface area (Å²) >= 11 is 0. The number of para-hydroxylation sites is 1. The van der Waals surface area contributed by atoms with E-state index in [1.807, 2.05) is 35.9 Å². The fourth-order valence-corrected chi connectivity index (χ4v) is 5.08. The smallest absolute Gasteiger partial charge is 0.242 e. The van der Waals surface area contributed by atoms with Gasteiger partial charge in [-0.3, -0.25) is 9.59 Å². The van der Waals surface area contributed by atoms with Gasteiger partial charge in [-0.1, -0.05) is 18.2 Å². The number of carbonyl (C=O) groups excluding carboxylic acids is 2. The third kappa shape index (κ3) is 3.94. The fourth-order valence-electron chi connectivity index (χ4n) is 5.08. The van der Waals surface area contributed by atoms with E-state index in [1.54, 1.807) is 6.92 Å². The van der Waals surface area contributed by atoms with Crippen molar-refractivity contribution in [3.8, 4) is 0 Å². The summed E-state index contributed by atoms with van der Waals surface area (Å²) in [6.07, 6.45) is 1.59. The molecule has 1 aromatic carbocycles. The van der Waals surface area contributed by atoms with Gasteiger partial charge in [0.1, 0.15) is 18.2 Å². The Balaban J connectivity index is 1.32. The lowest BCUT2D eigenvalue weighted by Gasteiger charge is -2.29. The molecule has 2 aliphatic heterocycles. The molecule has 0 saturated carbocycles. The Kier molecular flexibility index (Phi) is 5.52. The Morgan fingerprint density at radius 1 is 1.15 bits per heavy atom. The lowest BCUT2D eigenvalue weighted by Crippen LogP contribution is -2.36. The highest BCUT2D eigenvalue weighted by molar-refractivity contribution is 5.84. The van der Waals surface area contributed by atoms with Gasteiger partial charge in [-0.25, -0.2) is 9.97 Å². The van der Waals surface area contributed by atoms with Crippen LogP contribution in [-0.4, -0.2) is 62.8 Å². The van der Waals surface area contributed by atoms with E-state index in [0.717, 1.165) is 58.9 Å². The molecule has 0 aliphatic carbocycles. The highest BCUT2D eigenvalue weighted by Crippen LogP contribution is 2.30. The molecular formula is C25H30N6O2. The van der Waals surface area contributed by atoms with Crippen molar-refractivity contribution >= 4 is 28.5 Å². The Labute approximate surface area is 193 Å². The molecule has 0 radical (unpaired) electrons. The highest BCUT2D eigenvalue weighted by atomic mass is 16.2. The third-order valence-electron chi connectivity index (χ3n) is 6.98. The molecule has 5 rings (SSSR count). The number of aromatic nitrogens is 3. The second kappa shape index (κ2) is 8.50. The average Bonchev–Trinajstić information content (AvgIpc) is 3.43. The second-order valence-corrected chi connectivity index (χ2v) is 9.05. The van der Waals surface area contributed by atoms with Gasteiger partial charge in [-0.2, -0.15) is 0 Å². The van der Waals surface area contributed by atoms with E-state index in [1.165, 1.54) is 0 Å². The van der Waals surface area contributed by atoms with Crippen molar-refractivity contribution in [3.63, 3.8) is 0 Å². The van der Waals surface area contributed by atoms with Gasteiger partial charge in [0.25, 0.3) is 0 Å². The van der Waals surface area contributed by atoms with Gasteiger partial charge in [0.2, 0.25) is 11.8 Å². The molecular weight excluding hydrogens is 416 g/mol. The minimum absolute atomic E-state index is 0.0717. The number of nitrogens with one attached hydrogen (secondary N) is 1. The van der Waals surface area contributed by atoms with Crippen molar-refractivity contribution < 1.29 is 9.59 Å². The second-order valence-electron chi connectivity index (χ2n) is 9.05. The fraction of sp³-hybridized carbons (Fsp3) is 0.440. The zero-order valence-electron chi connectivity index (χ0n) is 19.5. The maximum atomic E-state index is 13.2. The Morgan fingerprint density at radius 3 is 2.76 bits per heavy atom. The van der Waals surface area contributed by atoms with Crippen LogP contribution in [0.25, 0.3) is 10.9 Å². The molecule has 3 aromatic rings. The summed E-state index contributed by atoms with van der Waals surface area (Å²) in [5, 5.41) is 4.35. The number of hydrogen-bond acceptors (Lipinski definition) is 5. The number of nitrogens with zero attached hydrogens (tertiary/aromatic N) is 5. The molecule has 1 saturated heterocycles. The molecule has 33 heavy (non-hydrogen) atoms. The number of carbonyl (C=O) groups is 2. The van der Waals surface area contributed by atoms with E-state index >= 15 is 0 Å². The Bertz CT molecular complexity index is 1220. The minimum atomic E-state index is 0.0717. The standard InChI is InChI=1S/C25H30N6O2/c1-16-12-18-6-4-5-7-22(18)31(16)15-23(33)30-10-8-19(13-30)24-27-21-9-11-29(17(2)32)14-20(21)25(26-3)28-24/h4-7,12,19H,8-11,13-15H2,1-3H3,(H,26,27,28)/t19-/m0/s1. The lowest BCUT2D eigenvalue weighted by atomic mass is 10.0. The van der Waals surface area contributed by atoms with Crippen LogP contribution < -0.4 is 5.32 Å². The van der Waals surface area contributed by atoms with Crippen molar-refractivity contribution in [2.75, 3.05) is 32.0 Å². The topological polar surface area (TPSA) is 83.4 Å². The number of fused-ring (bicyclic) bond motifs is 2. The van der Waals surface area contributed by atoms with Gasteiger partial charge in [0.05, 0.1) is 12.2 Å². The number of amides is 2. The van der Waals surface area contributed by atoms with E-state index in [4.69, 9.17) is 9.97 Å². The van der Waals surface area contributed by atoms with Crippen LogP contribution in [0, 0.1) is 6.92 Å². The summed E-state index contributed by atoms with van der Waals surface area (Å²) in [4.78, 5) is 38.4. The van der Waals surface area contributed by atoms with Crippen LogP contribution in [0.3, 0.4) is 0 Å². The molecule has 2 aliphatic rings. The molecule has 0 spiro atoms. The maximum absolute atomic E-state index is 13.2. The minimum Gasteiger partial charge on any atom is -0.373 e. The van der Waals surface area contributed by atoms with Gasteiger partial charge in [-0.05, 0) is 30.9 Å². The molecule has 0 unspecified atom stereocenters. The number of benzene rings is 1. The van der Waals surface area contributed by atoms with E-state index in [-0.39, 0.29) is 17.7 Å². The molecule has 1 N–H and O–H groups in total. The van der Waals surface area contributed by atoms with Crippen LogP contribution in [0.1, 0.15) is 42.0 Å². The van der Waals surface area contributed by atoms with Crippen LogP contribution in [0.4, 0.5) is 5.82 Å². The van der Waals surface area contributed by atoms with Gasteiger partial charge < -0.3 is 19.7 Å². The summed E-state index contributed by atoms with van der Waals surface area (Å²) < 4.78 is 2.10. The predicted octanol–water partition coefficient (Wildman–Crippen LogP) is 2.70. The summed E-state index contributed by atoms with van der Waals surface area (Å²) in [5.74, 6) is 1.92. The number of rotatable bonds is 4. The van der Waals surface area contributed by atoms with Gasteiger partial charge in [-0.15, -0.1) is 0 Å². The molecule has 4 heterocycles. The summed E-state index contributed by atoms with van der Waals surface area (Å²) in [6.45, 7) is 6.57. The number of likely N-dealkylation sites (tertiary alicyclic amines) is 1. The molecule has 8 heteroatoms. The van der Waals surface area contributed by atoms with Gasteiger partial charge in [0, 0.05) is 62.7 Å². The molecule has 2 aromatic heterocycles. The van der Waals surface area contributed by atoms with E-state index in [9.17, 15) is 9.59 Å². The van der Waals surface area contributed by atoms with E-state index in [0.29, 0.717) is 26.2 Å². The van der Waals surface area contributed by atoms with Crippen molar-refractivity contribution in [3.05, 3.63) is 53.1 Å². The van der Waals surface area contributed by atoms with Crippen molar-refractivity contribution in [1.82, 2.24) is 24.3 Å². The SMILES string of the molecule is CNc1nc([C@H]2CCN(C(=O)Cn3c(C)cc4ccccc43)C2)nc2c1CN(C(C)=O)CC2. The number of aryl methyl sites for hydroxylation is 1. The largest absolute Gasteiger partial charge is 0.373 e. The third-order valence-corrected chi connectivity index (χ3v) is 6.98. The van der Waals surface area contributed by atoms with Crippen LogP contribution in [-0.2, 0) is 29.1 Å². The Morgan fingerprint density at radius 2 is 1.97 bits per heavy atom. The van der Waals surface area contributed by atoms with Crippen LogP contribution >= 0.6 is 0 Å². The number of hydrogen-bond donors (Lipinski definition) is 1. The molecule has 2 amide bonds. The zero-order valence-corrected chi connectivity index (χ0v) is 19.5. The number of anilines is 1. The summed E-state index contributed by atoms with van der Waals surface area (Å²) in [7, 11) is 1.85. The van der Waals surface area contributed by atoms with E-state index < -0.39 is 0 Å². The molecule has 0 bridgehead atoms. The van der Waals surface area contributed by atoms with Gasteiger partial charge in [0.15, 0.2) is 0 Å². The first-order valence-electron chi connectivity index (χ1n) is 11.6. The van der Waals surface area contributed by atoms with Crippen LogP contribution in [0.5, 0.6) is 0 Å². The Hall–Kier alpha value is -3.42. The summed E-state index contributed by atoms with van der Waals surface area (Å²) in [5.41, 5.74) is 4.21. The highest BCUT2D eigenvalue weighted by Gasteiger charge is 2.32. The van der Waals surface area contributed by atoms with Crippen LogP contribution in [0.15, 0.2) is 30.3 Å². The molecule has 1 atom stereocenters. The normalized spacial score (nSPS) is 18.0.